The molecule has 0 amide bonds. The summed E-state index contributed by atoms with van der Waals surface area (Å²) in [6, 6.07) is 1.87. The minimum atomic E-state index is -3.01. The van der Waals surface area contributed by atoms with Crippen molar-refractivity contribution in [3.63, 3.8) is 0 Å². The summed E-state index contributed by atoms with van der Waals surface area (Å²) in [5.74, 6) is 0.537. The van der Waals surface area contributed by atoms with Crippen molar-refractivity contribution in [2.45, 2.75) is 19.4 Å². The Balaban J connectivity index is 2.63. The van der Waals surface area contributed by atoms with Crippen LogP contribution in [0.3, 0.4) is 0 Å². The molecule has 0 aromatic carbocycles. The molecule has 120 valence electrons. The number of nitrogens with one attached hydrogen (secondary N) is 2. The van der Waals surface area contributed by atoms with Gasteiger partial charge in [0.05, 0.1) is 12.3 Å². The standard InChI is InChI=1S/C13H23N3O3S2/c1-4-14-12(15-6-8-21(3,18)19)16-10-13(2,17)11-5-7-20-9-11/h5,7,9,17H,4,6,8,10H2,1-3H3,(H2,14,15,16). The summed E-state index contributed by atoms with van der Waals surface area (Å²) in [7, 11) is -3.01. The molecule has 0 radical (unpaired) electrons. The molecule has 6 nitrogen and oxygen atoms in total. The van der Waals surface area contributed by atoms with Gasteiger partial charge in [-0.3, -0.25) is 0 Å². The van der Waals surface area contributed by atoms with Gasteiger partial charge in [-0.25, -0.2) is 13.4 Å². The third-order valence-corrected chi connectivity index (χ3v) is 4.43. The van der Waals surface area contributed by atoms with Crippen LogP contribution in [0.1, 0.15) is 19.4 Å². The molecule has 3 N–H and O–H groups in total. The third-order valence-electron chi connectivity index (χ3n) is 2.80. The molecular weight excluding hydrogens is 310 g/mol. The van der Waals surface area contributed by atoms with E-state index < -0.39 is 15.4 Å². The maximum absolute atomic E-state index is 11.1. The molecule has 1 aromatic heterocycles. The summed E-state index contributed by atoms with van der Waals surface area (Å²) in [5.41, 5.74) is -0.220. The Morgan fingerprint density at radius 3 is 2.71 bits per heavy atom. The Kier molecular flexibility index (Phi) is 6.63. The molecule has 0 aliphatic heterocycles. The lowest BCUT2D eigenvalue weighted by atomic mass is 10.00. The molecule has 21 heavy (non-hydrogen) atoms. The Morgan fingerprint density at radius 1 is 1.48 bits per heavy atom. The zero-order valence-corrected chi connectivity index (χ0v) is 14.2. The van der Waals surface area contributed by atoms with E-state index >= 15 is 0 Å². The molecule has 0 saturated carbocycles. The third kappa shape index (κ3) is 6.92. The van der Waals surface area contributed by atoms with Crippen LogP contribution in [0, 0.1) is 0 Å². The summed E-state index contributed by atoms with van der Waals surface area (Å²) >= 11 is 1.52. The van der Waals surface area contributed by atoms with Crippen LogP contribution in [0.4, 0.5) is 0 Å². The average Bonchev–Trinajstić information content (AvgIpc) is 2.89. The Hall–Kier alpha value is -1.12. The number of hydrogen-bond acceptors (Lipinski definition) is 5. The van der Waals surface area contributed by atoms with Crippen molar-refractivity contribution < 1.29 is 13.5 Å². The van der Waals surface area contributed by atoms with E-state index in [0.29, 0.717) is 12.5 Å². The van der Waals surface area contributed by atoms with E-state index in [2.05, 4.69) is 15.6 Å². The summed E-state index contributed by atoms with van der Waals surface area (Å²) in [5, 5.41) is 20.2. The zero-order chi connectivity index (χ0) is 15.9. The number of aliphatic imine (C=N–C) groups is 1. The number of hydrogen-bond donors (Lipinski definition) is 3. The van der Waals surface area contributed by atoms with E-state index in [0.717, 1.165) is 5.56 Å². The van der Waals surface area contributed by atoms with Gasteiger partial charge in [-0.2, -0.15) is 11.3 Å². The van der Waals surface area contributed by atoms with Gasteiger partial charge in [-0.15, -0.1) is 0 Å². The molecule has 0 aliphatic rings. The van der Waals surface area contributed by atoms with Gasteiger partial charge in [0.2, 0.25) is 0 Å². The molecule has 1 rings (SSSR count). The van der Waals surface area contributed by atoms with Gasteiger partial charge in [0.15, 0.2) is 5.96 Å². The summed E-state index contributed by atoms with van der Waals surface area (Å²) in [4.78, 5) is 4.31. The van der Waals surface area contributed by atoms with E-state index in [4.69, 9.17) is 0 Å². The van der Waals surface area contributed by atoms with Crippen molar-refractivity contribution in [3.05, 3.63) is 22.4 Å². The van der Waals surface area contributed by atoms with Crippen molar-refractivity contribution >= 4 is 27.1 Å². The Labute approximate surface area is 130 Å². The van der Waals surface area contributed by atoms with Crippen molar-refractivity contribution in [1.29, 1.82) is 0 Å². The Bertz CT molecular complexity index is 551. The number of rotatable bonds is 7. The number of aliphatic hydroxyl groups is 1. The first-order valence-corrected chi connectivity index (χ1v) is 9.70. The van der Waals surface area contributed by atoms with Crippen LogP contribution < -0.4 is 10.6 Å². The van der Waals surface area contributed by atoms with Gasteiger partial charge in [-0.1, -0.05) is 0 Å². The van der Waals surface area contributed by atoms with E-state index in [9.17, 15) is 13.5 Å². The normalized spacial score (nSPS) is 15.5. The molecule has 0 fully saturated rings. The molecule has 0 aliphatic carbocycles. The second kappa shape index (κ2) is 7.77. The fraction of sp³-hybridized carbons (Fsp3) is 0.615. The second-order valence-electron chi connectivity index (χ2n) is 5.04. The monoisotopic (exact) mass is 333 g/mol. The highest BCUT2D eigenvalue weighted by Crippen LogP contribution is 2.23. The van der Waals surface area contributed by atoms with Gasteiger partial charge in [0.1, 0.15) is 15.4 Å². The van der Waals surface area contributed by atoms with Crippen LogP contribution in [0.25, 0.3) is 0 Å². The summed E-state index contributed by atoms with van der Waals surface area (Å²) in [6.07, 6.45) is 1.19. The SMILES string of the molecule is CCNC(=NCC(C)(O)c1ccsc1)NCCS(C)(=O)=O. The lowest BCUT2D eigenvalue weighted by Crippen LogP contribution is -2.40. The topological polar surface area (TPSA) is 90.8 Å². The number of guanidine groups is 1. The van der Waals surface area contributed by atoms with Gasteiger partial charge >= 0.3 is 0 Å². The van der Waals surface area contributed by atoms with Crippen LogP contribution in [-0.4, -0.2) is 51.1 Å². The van der Waals surface area contributed by atoms with Crippen LogP contribution in [-0.2, 0) is 15.4 Å². The summed E-state index contributed by atoms with van der Waals surface area (Å²) < 4.78 is 22.2. The first kappa shape index (κ1) is 17.9. The number of thiophene rings is 1. The van der Waals surface area contributed by atoms with Crippen LogP contribution in [0.2, 0.25) is 0 Å². The second-order valence-corrected chi connectivity index (χ2v) is 8.08. The molecular formula is C13H23N3O3S2. The van der Waals surface area contributed by atoms with Crippen LogP contribution in [0.15, 0.2) is 21.8 Å². The molecule has 1 heterocycles. The van der Waals surface area contributed by atoms with E-state index in [1.807, 2.05) is 23.8 Å². The molecule has 0 saturated heterocycles. The lowest BCUT2D eigenvalue weighted by molar-refractivity contribution is 0.0677. The predicted octanol–water partition coefficient (Wildman–Crippen LogP) is 0.555. The highest BCUT2D eigenvalue weighted by Gasteiger charge is 2.23. The molecule has 0 spiro atoms. The minimum Gasteiger partial charge on any atom is -0.383 e. The fourth-order valence-electron chi connectivity index (χ4n) is 1.59. The zero-order valence-electron chi connectivity index (χ0n) is 12.6. The highest BCUT2D eigenvalue weighted by atomic mass is 32.2. The first-order valence-electron chi connectivity index (χ1n) is 6.69. The van der Waals surface area contributed by atoms with Crippen molar-refractivity contribution in [2.75, 3.05) is 31.6 Å². The highest BCUT2D eigenvalue weighted by molar-refractivity contribution is 7.90. The van der Waals surface area contributed by atoms with Crippen molar-refractivity contribution in [2.24, 2.45) is 4.99 Å². The lowest BCUT2D eigenvalue weighted by Gasteiger charge is -2.21. The van der Waals surface area contributed by atoms with Gasteiger partial charge < -0.3 is 15.7 Å². The van der Waals surface area contributed by atoms with Crippen molar-refractivity contribution in [3.8, 4) is 0 Å². The van der Waals surface area contributed by atoms with E-state index in [1.165, 1.54) is 17.6 Å². The fourth-order valence-corrected chi connectivity index (χ4v) is 2.85. The van der Waals surface area contributed by atoms with Gasteiger partial charge in [0, 0.05) is 19.3 Å². The number of nitrogens with zero attached hydrogens (tertiary/aromatic N) is 1. The average molecular weight is 333 g/mol. The first-order chi connectivity index (χ1) is 9.74. The van der Waals surface area contributed by atoms with E-state index in [1.54, 1.807) is 6.92 Å². The maximum atomic E-state index is 11.1. The number of sulfone groups is 1. The minimum absolute atomic E-state index is 0.0400. The summed E-state index contributed by atoms with van der Waals surface area (Å²) in [6.45, 7) is 4.76. The largest absolute Gasteiger partial charge is 0.383 e. The van der Waals surface area contributed by atoms with E-state index in [-0.39, 0.29) is 18.8 Å². The van der Waals surface area contributed by atoms with Gasteiger partial charge in [-0.05, 0) is 36.2 Å². The Morgan fingerprint density at radius 2 is 2.19 bits per heavy atom. The van der Waals surface area contributed by atoms with Crippen LogP contribution in [0.5, 0.6) is 0 Å². The van der Waals surface area contributed by atoms with Crippen LogP contribution >= 0.6 is 11.3 Å². The predicted molar refractivity (Wildman–Crippen MR) is 87.6 cm³/mol. The molecule has 8 heteroatoms. The maximum Gasteiger partial charge on any atom is 0.191 e. The smallest absolute Gasteiger partial charge is 0.191 e. The molecule has 1 unspecified atom stereocenters. The molecule has 0 bridgehead atoms. The molecule has 1 aromatic rings. The van der Waals surface area contributed by atoms with Gasteiger partial charge in [0.25, 0.3) is 0 Å². The quantitative estimate of drug-likeness (QED) is 0.501. The van der Waals surface area contributed by atoms with Crippen molar-refractivity contribution in [1.82, 2.24) is 10.6 Å². The molecule has 1 atom stereocenters.